The summed E-state index contributed by atoms with van der Waals surface area (Å²) in [6, 6.07) is 0.898. The van der Waals surface area contributed by atoms with Gasteiger partial charge in [0.1, 0.15) is 0 Å². The summed E-state index contributed by atoms with van der Waals surface area (Å²) < 4.78 is 30.7. The van der Waals surface area contributed by atoms with Crippen LogP contribution in [0.5, 0.6) is 0 Å². The van der Waals surface area contributed by atoms with Crippen molar-refractivity contribution in [2.75, 3.05) is 0 Å². The van der Waals surface area contributed by atoms with Crippen molar-refractivity contribution in [1.29, 1.82) is 5.26 Å². The molecule has 0 rings (SSSR count). The maximum atomic E-state index is 9.78. The lowest BCUT2D eigenvalue weighted by atomic mass is 10.7. The molecule has 1 atom stereocenters. The number of rotatable bonds is 3. The summed E-state index contributed by atoms with van der Waals surface area (Å²) in [6.07, 6.45) is -2.40. The van der Waals surface area contributed by atoms with Gasteiger partial charge in [0.05, 0.1) is 4.92 Å². The Hall–Kier alpha value is -1.24. The van der Waals surface area contributed by atoms with Gasteiger partial charge < -0.3 is 0 Å². The van der Waals surface area contributed by atoms with Crippen LogP contribution in [0.1, 0.15) is 0 Å². The van der Waals surface area contributed by atoms with Gasteiger partial charge in [-0.3, -0.25) is 14.7 Å². The van der Waals surface area contributed by atoms with E-state index in [1.165, 1.54) is 0 Å². The molecule has 0 radical (unpaired) electrons. The molecule has 0 aliphatic carbocycles. The van der Waals surface area contributed by atoms with Gasteiger partial charge >= 0.3 is 16.6 Å². The summed E-state index contributed by atoms with van der Waals surface area (Å²) in [5, 5.41) is 17.6. The average Bonchev–Trinajstić information content (AvgIpc) is 1.80. The Morgan fingerprint density at radius 2 is 2.18 bits per heavy atom. The molecule has 0 fully saturated rings. The molecular formula is C2H2N2O6S. The first kappa shape index (κ1) is 9.76. The SMILES string of the molecule is N#CC(OS(=O)(=O)O)[N+](=O)[O-]. The maximum absolute atomic E-state index is 9.78. The first-order valence-corrected chi connectivity index (χ1v) is 3.42. The van der Waals surface area contributed by atoms with Gasteiger partial charge in [-0.2, -0.15) is 17.9 Å². The van der Waals surface area contributed by atoms with E-state index >= 15 is 0 Å². The third-order valence-electron chi connectivity index (χ3n) is 0.515. The van der Waals surface area contributed by atoms with Crippen LogP contribution in [0.3, 0.4) is 0 Å². The van der Waals surface area contributed by atoms with Crippen molar-refractivity contribution in [2.45, 2.75) is 6.23 Å². The van der Waals surface area contributed by atoms with E-state index in [0.717, 1.165) is 6.07 Å². The molecule has 0 aliphatic rings. The molecule has 0 heterocycles. The van der Waals surface area contributed by atoms with Crippen LogP contribution in [0, 0.1) is 21.4 Å². The predicted octanol–water partition coefficient (Wildman–Crippen LogP) is -1.07. The Morgan fingerprint density at radius 3 is 2.27 bits per heavy atom. The van der Waals surface area contributed by atoms with Crippen molar-refractivity contribution in [2.24, 2.45) is 0 Å². The van der Waals surface area contributed by atoms with Crippen LogP contribution in [-0.4, -0.2) is 24.1 Å². The smallest absolute Gasteiger partial charge is 0.263 e. The molecule has 8 nitrogen and oxygen atoms in total. The van der Waals surface area contributed by atoms with E-state index in [2.05, 4.69) is 4.18 Å². The standard InChI is InChI=1S/C2H2N2O6S/c3-1-2(4(5)6)10-11(7,8)9/h2H,(H,7,8,9). The van der Waals surface area contributed by atoms with Crippen LogP contribution in [0.15, 0.2) is 0 Å². The maximum Gasteiger partial charge on any atom is 0.418 e. The molecule has 0 aromatic heterocycles. The zero-order chi connectivity index (χ0) is 9.07. The van der Waals surface area contributed by atoms with E-state index in [1.807, 2.05) is 0 Å². The highest BCUT2D eigenvalue weighted by Crippen LogP contribution is 1.95. The Kier molecular flexibility index (Phi) is 2.87. The normalized spacial score (nSPS) is 13.5. The minimum Gasteiger partial charge on any atom is -0.263 e. The second kappa shape index (κ2) is 3.24. The molecule has 0 amide bonds. The summed E-state index contributed by atoms with van der Waals surface area (Å²) in [7, 11) is -4.94. The van der Waals surface area contributed by atoms with Crippen LogP contribution in [0.2, 0.25) is 0 Å². The van der Waals surface area contributed by atoms with Crippen LogP contribution in [0.25, 0.3) is 0 Å². The lowest BCUT2D eigenvalue weighted by Crippen LogP contribution is -2.24. The summed E-state index contributed by atoms with van der Waals surface area (Å²) in [5.74, 6) is 0. The van der Waals surface area contributed by atoms with Crippen LogP contribution >= 0.6 is 0 Å². The fraction of sp³-hybridized carbons (Fsp3) is 0.500. The number of nitriles is 1. The first-order valence-electron chi connectivity index (χ1n) is 2.05. The quantitative estimate of drug-likeness (QED) is 0.254. The number of hydrogen-bond acceptors (Lipinski definition) is 6. The third-order valence-corrected chi connectivity index (χ3v) is 0.940. The molecule has 0 aromatic rings. The van der Waals surface area contributed by atoms with Crippen molar-refractivity contribution in [1.82, 2.24) is 0 Å². The molecule has 1 N–H and O–H groups in total. The van der Waals surface area contributed by atoms with Crippen molar-refractivity contribution in [3.63, 3.8) is 0 Å². The van der Waals surface area contributed by atoms with Crippen molar-refractivity contribution in [3.05, 3.63) is 10.1 Å². The second-order valence-electron chi connectivity index (χ2n) is 1.29. The molecular weight excluding hydrogens is 180 g/mol. The molecule has 0 saturated heterocycles. The summed E-state index contributed by atoms with van der Waals surface area (Å²) in [4.78, 5) is 8.39. The first-order chi connectivity index (χ1) is 4.87. The van der Waals surface area contributed by atoms with Gasteiger partial charge in [0.25, 0.3) is 0 Å². The fourth-order valence-corrected chi connectivity index (χ4v) is 0.563. The molecule has 0 aliphatic heterocycles. The number of hydrogen-bond donors (Lipinski definition) is 1. The van der Waals surface area contributed by atoms with Gasteiger partial charge in [-0.05, 0) is 0 Å². The van der Waals surface area contributed by atoms with Crippen LogP contribution in [-0.2, 0) is 14.6 Å². The Balaban J connectivity index is 4.38. The van der Waals surface area contributed by atoms with E-state index in [1.54, 1.807) is 0 Å². The van der Waals surface area contributed by atoms with Gasteiger partial charge in [-0.15, -0.1) is 0 Å². The molecule has 1 unspecified atom stereocenters. The summed E-state index contributed by atoms with van der Waals surface area (Å²) in [6.45, 7) is 0. The molecule has 62 valence electrons. The Labute approximate surface area is 61.1 Å². The second-order valence-corrected chi connectivity index (χ2v) is 2.34. The molecule has 9 heteroatoms. The van der Waals surface area contributed by atoms with Gasteiger partial charge in [-0.25, -0.2) is 0 Å². The topological polar surface area (TPSA) is 131 Å². The van der Waals surface area contributed by atoms with Crippen LogP contribution in [0.4, 0.5) is 0 Å². The summed E-state index contributed by atoms with van der Waals surface area (Å²) >= 11 is 0. The lowest BCUT2D eigenvalue weighted by molar-refractivity contribution is -0.545. The van der Waals surface area contributed by atoms with E-state index in [4.69, 9.17) is 9.81 Å². The van der Waals surface area contributed by atoms with Gasteiger partial charge in [0.15, 0.2) is 6.07 Å². The van der Waals surface area contributed by atoms with Crippen molar-refractivity contribution < 1.29 is 22.1 Å². The van der Waals surface area contributed by atoms with Crippen LogP contribution < -0.4 is 0 Å². The highest BCUT2D eigenvalue weighted by atomic mass is 32.3. The largest absolute Gasteiger partial charge is 0.418 e. The van der Waals surface area contributed by atoms with E-state index in [-0.39, 0.29) is 0 Å². The van der Waals surface area contributed by atoms with Gasteiger partial charge in [0, 0.05) is 0 Å². The van der Waals surface area contributed by atoms with E-state index in [0.29, 0.717) is 0 Å². The lowest BCUT2D eigenvalue weighted by Gasteiger charge is -1.97. The highest BCUT2D eigenvalue weighted by molar-refractivity contribution is 7.80. The molecule has 0 saturated carbocycles. The Bertz CT molecular complexity index is 286. The monoisotopic (exact) mass is 182 g/mol. The Morgan fingerprint density at radius 1 is 1.73 bits per heavy atom. The van der Waals surface area contributed by atoms with E-state index < -0.39 is 21.6 Å². The van der Waals surface area contributed by atoms with Crippen molar-refractivity contribution in [3.8, 4) is 6.07 Å². The summed E-state index contributed by atoms with van der Waals surface area (Å²) in [5.41, 5.74) is 0. The molecule has 0 bridgehead atoms. The molecule has 11 heavy (non-hydrogen) atoms. The predicted molar refractivity (Wildman–Crippen MR) is 29.0 cm³/mol. The van der Waals surface area contributed by atoms with E-state index in [9.17, 15) is 18.5 Å². The highest BCUT2D eigenvalue weighted by Gasteiger charge is 2.26. The van der Waals surface area contributed by atoms with Gasteiger partial charge in [-0.1, -0.05) is 0 Å². The van der Waals surface area contributed by atoms with Crippen molar-refractivity contribution >= 4 is 10.4 Å². The average molecular weight is 182 g/mol. The molecule has 0 aromatic carbocycles. The fourth-order valence-electron chi connectivity index (χ4n) is 0.219. The minimum atomic E-state index is -4.94. The zero-order valence-electron chi connectivity index (χ0n) is 4.87. The third kappa shape index (κ3) is 4.20. The minimum absolute atomic E-state index is 0.898. The number of nitrogens with zero attached hydrogens (tertiary/aromatic N) is 2. The zero-order valence-corrected chi connectivity index (χ0v) is 5.68. The van der Waals surface area contributed by atoms with Gasteiger partial charge in [0.2, 0.25) is 0 Å². The number of nitro groups is 1. The molecule has 0 spiro atoms.